The van der Waals surface area contributed by atoms with Gasteiger partial charge in [0.2, 0.25) is 0 Å². The van der Waals surface area contributed by atoms with Crippen LogP contribution >= 0.6 is 11.8 Å². The molecule has 2 N–H and O–H groups in total. The predicted molar refractivity (Wildman–Crippen MR) is 98.7 cm³/mol. The van der Waals surface area contributed by atoms with Crippen molar-refractivity contribution in [1.29, 1.82) is 0 Å². The quantitative estimate of drug-likeness (QED) is 0.835. The molecule has 1 aromatic carbocycles. The summed E-state index contributed by atoms with van der Waals surface area (Å²) in [5.41, 5.74) is 8.22. The lowest BCUT2D eigenvalue weighted by Crippen LogP contribution is -2.52. The minimum atomic E-state index is -0.454. The summed E-state index contributed by atoms with van der Waals surface area (Å²) in [6.07, 6.45) is 3.79. The van der Waals surface area contributed by atoms with E-state index in [0.717, 1.165) is 34.6 Å². The maximum absolute atomic E-state index is 13.6. The zero-order valence-corrected chi connectivity index (χ0v) is 14.8. The number of benzene rings is 1. The second-order valence-electron chi connectivity index (χ2n) is 6.89. The highest BCUT2D eigenvalue weighted by atomic mass is 32.2. The van der Waals surface area contributed by atoms with Crippen LogP contribution in [0.1, 0.15) is 12.0 Å². The Labute approximate surface area is 154 Å². The molecule has 3 aliphatic rings. The summed E-state index contributed by atoms with van der Waals surface area (Å²) >= 11 is 1.57. The van der Waals surface area contributed by atoms with E-state index in [1.165, 1.54) is 12.3 Å². The molecule has 0 saturated carbocycles. The van der Waals surface area contributed by atoms with Crippen molar-refractivity contribution in [2.75, 3.05) is 19.0 Å². The maximum atomic E-state index is 13.6. The highest BCUT2D eigenvalue weighted by Crippen LogP contribution is 2.52. The van der Waals surface area contributed by atoms with Crippen LogP contribution in [0.25, 0.3) is 11.1 Å². The Kier molecular flexibility index (Phi) is 3.68. The molecule has 26 heavy (non-hydrogen) atoms. The Hall–Kier alpha value is -2.12. The van der Waals surface area contributed by atoms with Crippen molar-refractivity contribution in [2.45, 2.75) is 18.1 Å². The zero-order chi connectivity index (χ0) is 17.7. The van der Waals surface area contributed by atoms with Crippen LogP contribution in [-0.4, -0.2) is 35.2 Å². The van der Waals surface area contributed by atoms with Crippen molar-refractivity contribution >= 4 is 16.9 Å². The van der Waals surface area contributed by atoms with Gasteiger partial charge in [-0.15, -0.1) is 0 Å². The summed E-state index contributed by atoms with van der Waals surface area (Å²) in [6.45, 7) is 1.30. The van der Waals surface area contributed by atoms with Crippen LogP contribution in [0.5, 0.6) is 5.75 Å². The number of ether oxygens (including phenoxy) is 2. The lowest BCUT2D eigenvalue weighted by molar-refractivity contribution is -0.0628. The van der Waals surface area contributed by atoms with E-state index in [0.29, 0.717) is 18.4 Å². The average molecular weight is 371 g/mol. The highest BCUT2D eigenvalue weighted by molar-refractivity contribution is 8.14. The molecule has 134 valence electrons. The first kappa shape index (κ1) is 16.1. The van der Waals surface area contributed by atoms with Gasteiger partial charge in [-0.25, -0.2) is 9.38 Å². The van der Waals surface area contributed by atoms with Gasteiger partial charge >= 0.3 is 0 Å². The first-order valence-corrected chi connectivity index (χ1v) is 9.62. The van der Waals surface area contributed by atoms with Gasteiger partial charge in [0.05, 0.1) is 19.4 Å². The van der Waals surface area contributed by atoms with Crippen LogP contribution < -0.4 is 10.5 Å². The Morgan fingerprint density at radius 2 is 2.15 bits per heavy atom. The molecule has 0 amide bonds. The number of hydrogen-bond acceptors (Lipinski definition) is 6. The van der Waals surface area contributed by atoms with E-state index in [4.69, 9.17) is 20.2 Å². The monoisotopic (exact) mass is 371 g/mol. The SMILES string of the molecule is NC1=N[C@@]2(CS1)c1cc(-c3cncc(F)c3)ccc1OC1CCOC[C@@H]12. The Bertz CT molecular complexity index is 906. The Morgan fingerprint density at radius 3 is 2.96 bits per heavy atom. The molecule has 0 bridgehead atoms. The van der Waals surface area contributed by atoms with Crippen molar-refractivity contribution in [3.8, 4) is 16.9 Å². The van der Waals surface area contributed by atoms with Gasteiger partial charge in [-0.3, -0.25) is 4.98 Å². The van der Waals surface area contributed by atoms with Gasteiger partial charge in [0.1, 0.15) is 23.2 Å². The number of nitrogens with zero attached hydrogens (tertiary/aromatic N) is 2. The predicted octanol–water partition coefficient (Wildman–Crippen LogP) is 2.94. The minimum Gasteiger partial charge on any atom is -0.489 e. The summed E-state index contributed by atoms with van der Waals surface area (Å²) in [7, 11) is 0. The summed E-state index contributed by atoms with van der Waals surface area (Å²) < 4.78 is 25.6. The number of aliphatic imine (C=N–C) groups is 1. The molecule has 1 unspecified atom stereocenters. The van der Waals surface area contributed by atoms with Crippen LogP contribution in [0.3, 0.4) is 0 Å². The van der Waals surface area contributed by atoms with Gasteiger partial charge in [-0.05, 0) is 23.8 Å². The topological polar surface area (TPSA) is 69.7 Å². The lowest BCUT2D eigenvalue weighted by atomic mass is 9.73. The zero-order valence-electron chi connectivity index (χ0n) is 14.0. The van der Waals surface area contributed by atoms with Crippen LogP contribution in [0.15, 0.2) is 41.7 Å². The molecule has 5 rings (SSSR count). The summed E-state index contributed by atoms with van der Waals surface area (Å²) in [6, 6.07) is 7.42. The van der Waals surface area contributed by atoms with Crippen molar-refractivity contribution in [1.82, 2.24) is 4.98 Å². The van der Waals surface area contributed by atoms with Crippen molar-refractivity contribution in [3.05, 3.63) is 48.0 Å². The van der Waals surface area contributed by atoms with E-state index < -0.39 is 5.54 Å². The van der Waals surface area contributed by atoms with E-state index in [9.17, 15) is 4.39 Å². The van der Waals surface area contributed by atoms with Crippen LogP contribution in [0.4, 0.5) is 4.39 Å². The van der Waals surface area contributed by atoms with Crippen LogP contribution in [0.2, 0.25) is 0 Å². The highest BCUT2D eigenvalue weighted by Gasteiger charge is 2.53. The van der Waals surface area contributed by atoms with Crippen molar-refractivity contribution in [2.24, 2.45) is 16.6 Å². The molecule has 1 spiro atoms. The second kappa shape index (κ2) is 5.96. The van der Waals surface area contributed by atoms with Crippen LogP contribution in [-0.2, 0) is 10.3 Å². The molecule has 3 aliphatic heterocycles. The van der Waals surface area contributed by atoms with Gasteiger partial charge in [0.15, 0.2) is 5.17 Å². The van der Waals surface area contributed by atoms with Crippen molar-refractivity contribution in [3.63, 3.8) is 0 Å². The number of nitrogens with two attached hydrogens (primary N) is 1. The third-order valence-electron chi connectivity index (χ3n) is 5.42. The number of rotatable bonds is 1. The molecule has 1 saturated heterocycles. The Balaban J connectivity index is 1.67. The number of amidine groups is 1. The summed E-state index contributed by atoms with van der Waals surface area (Å²) in [5, 5.41) is 0.597. The summed E-state index contributed by atoms with van der Waals surface area (Å²) in [5.74, 6) is 1.37. The first-order valence-electron chi connectivity index (χ1n) is 8.64. The largest absolute Gasteiger partial charge is 0.489 e. The van der Waals surface area contributed by atoms with E-state index >= 15 is 0 Å². The number of fused-ring (bicyclic) bond motifs is 4. The van der Waals surface area contributed by atoms with E-state index in [1.54, 1.807) is 18.0 Å². The fourth-order valence-corrected chi connectivity index (χ4v) is 5.19. The molecule has 7 heteroatoms. The van der Waals surface area contributed by atoms with E-state index in [-0.39, 0.29) is 17.8 Å². The van der Waals surface area contributed by atoms with Crippen LogP contribution in [0, 0.1) is 11.7 Å². The number of aromatic nitrogens is 1. The first-order chi connectivity index (χ1) is 12.7. The fourth-order valence-electron chi connectivity index (χ4n) is 4.16. The second-order valence-corrected chi connectivity index (χ2v) is 7.89. The molecule has 4 heterocycles. The third-order valence-corrected chi connectivity index (χ3v) is 6.39. The van der Waals surface area contributed by atoms with Gasteiger partial charge in [0.25, 0.3) is 0 Å². The number of halogens is 1. The molecule has 3 atom stereocenters. The molecule has 1 fully saturated rings. The maximum Gasteiger partial charge on any atom is 0.154 e. The molecule has 0 radical (unpaired) electrons. The lowest BCUT2D eigenvalue weighted by Gasteiger charge is -2.46. The van der Waals surface area contributed by atoms with Gasteiger partial charge in [0, 0.05) is 35.4 Å². The average Bonchev–Trinajstić information content (AvgIpc) is 3.04. The normalized spacial score (nSPS) is 29.7. The van der Waals surface area contributed by atoms with Crippen molar-refractivity contribution < 1.29 is 13.9 Å². The molecule has 1 aromatic heterocycles. The molecule has 0 aliphatic carbocycles. The van der Waals surface area contributed by atoms with Gasteiger partial charge in [-0.1, -0.05) is 17.8 Å². The smallest absolute Gasteiger partial charge is 0.154 e. The third kappa shape index (κ3) is 2.41. The number of thioether (sulfide) groups is 1. The fraction of sp³-hybridized carbons (Fsp3) is 0.368. The molecule has 5 nitrogen and oxygen atoms in total. The van der Waals surface area contributed by atoms with Gasteiger partial charge < -0.3 is 15.2 Å². The molecular formula is C19H18FN3O2S. The molecule has 2 aromatic rings. The Morgan fingerprint density at radius 1 is 1.23 bits per heavy atom. The number of pyridine rings is 1. The van der Waals surface area contributed by atoms with E-state index in [2.05, 4.69) is 4.98 Å². The standard InChI is InChI=1S/C19H18FN3O2S/c20-13-5-12(7-22-8-13)11-1-2-16-14(6-11)19(10-26-18(21)23-19)15-9-24-4-3-17(15)25-16/h1-2,5-8,15,17H,3-4,9-10H2,(H2,21,23)/t15-,17?,19-/m0/s1. The number of hydrogen-bond donors (Lipinski definition) is 1. The minimum absolute atomic E-state index is 0.0770. The molecular weight excluding hydrogens is 353 g/mol. The van der Waals surface area contributed by atoms with E-state index in [1.807, 2.05) is 18.2 Å². The summed E-state index contributed by atoms with van der Waals surface area (Å²) in [4.78, 5) is 8.83. The van der Waals surface area contributed by atoms with Gasteiger partial charge in [-0.2, -0.15) is 0 Å².